The van der Waals surface area contributed by atoms with Gasteiger partial charge in [0.05, 0.1) is 5.56 Å². The van der Waals surface area contributed by atoms with Crippen LogP contribution in [0.3, 0.4) is 0 Å². The van der Waals surface area contributed by atoms with Gasteiger partial charge in [0.15, 0.2) is 0 Å². The van der Waals surface area contributed by atoms with E-state index >= 15 is 0 Å². The van der Waals surface area contributed by atoms with Crippen molar-refractivity contribution in [2.24, 2.45) is 5.14 Å². The number of benzene rings is 1. The zero-order valence-electron chi connectivity index (χ0n) is 6.77. The van der Waals surface area contributed by atoms with E-state index in [1.165, 1.54) is 18.2 Å². The van der Waals surface area contributed by atoms with Crippen molar-refractivity contribution < 1.29 is 18.3 Å². The monoisotopic (exact) mass is 279 g/mol. The lowest BCUT2D eigenvalue weighted by atomic mass is 10.2. The normalized spacial score (nSPS) is 11.3. The Morgan fingerprint density at radius 1 is 1.43 bits per heavy atom. The fourth-order valence-corrected chi connectivity index (χ4v) is 2.81. The zero-order valence-corrected chi connectivity index (χ0v) is 9.17. The number of sulfonamides is 1. The number of halogens is 1. The van der Waals surface area contributed by atoms with Gasteiger partial charge in [0.1, 0.15) is 4.90 Å². The molecule has 0 unspecified atom stereocenters. The van der Waals surface area contributed by atoms with E-state index in [2.05, 4.69) is 15.9 Å². The number of rotatable bonds is 2. The van der Waals surface area contributed by atoms with Crippen LogP contribution < -0.4 is 5.14 Å². The average Bonchev–Trinajstić information content (AvgIpc) is 2.01. The highest BCUT2D eigenvalue weighted by molar-refractivity contribution is 9.10. The minimum atomic E-state index is -4.04. The molecule has 5 nitrogen and oxygen atoms in total. The molecule has 0 aliphatic carbocycles. The summed E-state index contributed by atoms with van der Waals surface area (Å²) >= 11 is 2.93. The van der Waals surface area contributed by atoms with E-state index < -0.39 is 20.9 Å². The van der Waals surface area contributed by atoms with Crippen molar-refractivity contribution in [3.63, 3.8) is 0 Å². The number of hydrogen-bond acceptors (Lipinski definition) is 3. The van der Waals surface area contributed by atoms with Crippen LogP contribution in [0.1, 0.15) is 10.4 Å². The minimum Gasteiger partial charge on any atom is -0.478 e. The van der Waals surface area contributed by atoms with Crippen LogP contribution in [-0.2, 0) is 10.0 Å². The lowest BCUT2D eigenvalue weighted by molar-refractivity contribution is 0.0692. The molecular formula is C7H6BrNO4S. The molecule has 0 saturated carbocycles. The molecule has 0 atom stereocenters. The Morgan fingerprint density at radius 3 is 2.36 bits per heavy atom. The number of carboxylic acids is 1. The first kappa shape index (κ1) is 11.2. The van der Waals surface area contributed by atoms with E-state index in [-0.39, 0.29) is 10.0 Å². The number of carboxylic acid groups (broad SMARTS) is 1. The van der Waals surface area contributed by atoms with Crippen molar-refractivity contribution in [3.05, 3.63) is 28.2 Å². The molecular weight excluding hydrogens is 274 g/mol. The average molecular weight is 280 g/mol. The van der Waals surface area contributed by atoms with Gasteiger partial charge in [0.2, 0.25) is 10.0 Å². The first-order chi connectivity index (χ1) is 6.34. The summed E-state index contributed by atoms with van der Waals surface area (Å²) in [7, 11) is -4.04. The maximum Gasteiger partial charge on any atom is 0.337 e. The van der Waals surface area contributed by atoms with E-state index in [4.69, 9.17) is 10.2 Å². The van der Waals surface area contributed by atoms with Crippen LogP contribution in [0.4, 0.5) is 0 Å². The second kappa shape index (κ2) is 3.68. The Balaban J connectivity index is 3.62. The first-order valence-corrected chi connectivity index (χ1v) is 5.72. The molecule has 14 heavy (non-hydrogen) atoms. The molecule has 0 amide bonds. The summed E-state index contributed by atoms with van der Waals surface area (Å²) in [6, 6.07) is 4.00. The molecule has 0 spiro atoms. The topological polar surface area (TPSA) is 97.5 Å². The van der Waals surface area contributed by atoms with Gasteiger partial charge in [0.25, 0.3) is 0 Å². The van der Waals surface area contributed by atoms with E-state index in [0.717, 1.165) is 0 Å². The minimum absolute atomic E-state index is 0.139. The number of nitrogens with two attached hydrogens (primary N) is 1. The molecule has 1 aromatic carbocycles. The fourth-order valence-electron chi connectivity index (χ4n) is 0.966. The van der Waals surface area contributed by atoms with Crippen LogP contribution in [0.2, 0.25) is 0 Å². The Morgan fingerprint density at radius 2 is 2.00 bits per heavy atom. The van der Waals surface area contributed by atoms with Gasteiger partial charge < -0.3 is 5.11 Å². The van der Waals surface area contributed by atoms with Crippen molar-refractivity contribution >= 4 is 31.9 Å². The lowest BCUT2D eigenvalue weighted by Gasteiger charge is -2.05. The third-order valence-electron chi connectivity index (χ3n) is 1.48. The maximum atomic E-state index is 11.1. The Hall–Kier alpha value is -0.920. The van der Waals surface area contributed by atoms with Crippen LogP contribution in [0.15, 0.2) is 27.6 Å². The molecule has 7 heteroatoms. The van der Waals surface area contributed by atoms with Crippen molar-refractivity contribution in [1.29, 1.82) is 0 Å². The van der Waals surface area contributed by atoms with Gasteiger partial charge >= 0.3 is 5.97 Å². The summed E-state index contributed by atoms with van der Waals surface area (Å²) in [4.78, 5) is 10.3. The van der Waals surface area contributed by atoms with Crippen LogP contribution in [0, 0.1) is 0 Å². The van der Waals surface area contributed by atoms with Gasteiger partial charge in [-0.25, -0.2) is 18.4 Å². The molecule has 0 aliphatic heterocycles. The number of aromatic carboxylic acids is 1. The summed E-state index contributed by atoms with van der Waals surface area (Å²) in [6.07, 6.45) is 0. The summed E-state index contributed by atoms with van der Waals surface area (Å²) in [6.45, 7) is 0. The van der Waals surface area contributed by atoms with Crippen LogP contribution in [0.25, 0.3) is 0 Å². The van der Waals surface area contributed by atoms with Crippen molar-refractivity contribution in [1.82, 2.24) is 0 Å². The predicted octanol–water partition coefficient (Wildman–Crippen LogP) is 0.795. The zero-order chi connectivity index (χ0) is 10.9. The molecule has 0 radical (unpaired) electrons. The smallest absolute Gasteiger partial charge is 0.337 e. The van der Waals surface area contributed by atoms with Crippen LogP contribution in [0.5, 0.6) is 0 Å². The van der Waals surface area contributed by atoms with Gasteiger partial charge in [-0.05, 0) is 28.1 Å². The maximum absolute atomic E-state index is 11.1. The Bertz CT molecular complexity index is 482. The predicted molar refractivity (Wildman–Crippen MR) is 52.5 cm³/mol. The molecule has 1 aromatic rings. The number of carbonyl (C=O) groups is 1. The highest BCUT2D eigenvalue weighted by Gasteiger charge is 2.21. The summed E-state index contributed by atoms with van der Waals surface area (Å²) < 4.78 is 22.3. The summed E-state index contributed by atoms with van der Waals surface area (Å²) in [5, 5.41) is 13.6. The summed E-state index contributed by atoms with van der Waals surface area (Å²) in [5.74, 6) is -1.34. The van der Waals surface area contributed by atoms with Crippen LogP contribution >= 0.6 is 15.9 Å². The second-order valence-electron chi connectivity index (χ2n) is 2.47. The molecule has 0 aromatic heterocycles. The van der Waals surface area contributed by atoms with E-state index in [1.807, 2.05) is 0 Å². The highest BCUT2D eigenvalue weighted by atomic mass is 79.9. The second-order valence-corrected chi connectivity index (χ2v) is 4.82. The molecule has 0 saturated heterocycles. The third kappa shape index (κ3) is 2.11. The summed E-state index contributed by atoms with van der Waals surface area (Å²) in [5.41, 5.74) is -0.345. The molecule has 1 rings (SSSR count). The van der Waals surface area contributed by atoms with E-state index in [1.54, 1.807) is 0 Å². The van der Waals surface area contributed by atoms with E-state index in [0.29, 0.717) is 0 Å². The van der Waals surface area contributed by atoms with Gasteiger partial charge in [-0.3, -0.25) is 0 Å². The molecule has 0 fully saturated rings. The van der Waals surface area contributed by atoms with Gasteiger partial charge in [0, 0.05) is 4.47 Å². The van der Waals surface area contributed by atoms with Crippen molar-refractivity contribution in [2.45, 2.75) is 4.90 Å². The fraction of sp³-hybridized carbons (Fsp3) is 0. The lowest BCUT2D eigenvalue weighted by Crippen LogP contribution is -2.17. The third-order valence-corrected chi connectivity index (χ3v) is 3.41. The standard InChI is InChI=1S/C7H6BrNO4S/c8-5-3-1-2-4(7(10)11)6(5)14(9,12)13/h1-3H,(H,10,11)(H2,9,12,13). The van der Waals surface area contributed by atoms with E-state index in [9.17, 15) is 13.2 Å². The first-order valence-electron chi connectivity index (χ1n) is 3.38. The molecule has 3 N–H and O–H groups in total. The van der Waals surface area contributed by atoms with Gasteiger partial charge in [-0.15, -0.1) is 0 Å². The highest BCUT2D eigenvalue weighted by Crippen LogP contribution is 2.24. The largest absolute Gasteiger partial charge is 0.478 e. The van der Waals surface area contributed by atoms with Gasteiger partial charge in [-0.1, -0.05) is 6.07 Å². The SMILES string of the molecule is NS(=O)(=O)c1c(Br)cccc1C(=O)O. The van der Waals surface area contributed by atoms with Crippen molar-refractivity contribution in [2.75, 3.05) is 0 Å². The quantitative estimate of drug-likeness (QED) is 0.837. The number of hydrogen-bond donors (Lipinski definition) is 2. The Kier molecular flexibility index (Phi) is 2.93. The van der Waals surface area contributed by atoms with Crippen molar-refractivity contribution in [3.8, 4) is 0 Å². The molecule has 0 bridgehead atoms. The van der Waals surface area contributed by atoms with Crippen LogP contribution in [-0.4, -0.2) is 19.5 Å². The molecule has 0 heterocycles. The molecule has 0 aliphatic rings. The Labute approximate surface area is 88.7 Å². The number of primary sulfonamides is 1. The van der Waals surface area contributed by atoms with Gasteiger partial charge in [-0.2, -0.15) is 0 Å². The molecule has 76 valence electrons.